The van der Waals surface area contributed by atoms with Crippen molar-refractivity contribution in [1.29, 1.82) is 0 Å². The summed E-state index contributed by atoms with van der Waals surface area (Å²) in [4.78, 5) is 10.3. The molecule has 0 heterocycles. The normalized spacial score (nSPS) is 12.5. The van der Waals surface area contributed by atoms with Crippen molar-refractivity contribution in [2.45, 2.75) is 13.3 Å². The topological polar surface area (TPSA) is 37.3 Å². The van der Waals surface area contributed by atoms with Crippen molar-refractivity contribution in [1.82, 2.24) is 0 Å². The van der Waals surface area contributed by atoms with Crippen LogP contribution >= 0.6 is 0 Å². The Bertz CT molecular complexity index is 182. The first-order valence-corrected chi connectivity index (χ1v) is 4.10. The number of carbonyl (C=O) groups is 1. The van der Waals surface area contributed by atoms with Crippen molar-refractivity contribution in [2.75, 3.05) is 0 Å². The average Bonchev–Trinajstić information content (AvgIpc) is 1.87. The monoisotopic (exact) mass is 156 g/mol. The second-order valence-corrected chi connectivity index (χ2v) is 3.41. The lowest BCUT2D eigenvalue weighted by Gasteiger charge is -1.98. The van der Waals surface area contributed by atoms with Gasteiger partial charge in [-0.25, -0.2) is 4.79 Å². The Kier molecular flexibility index (Phi) is 3.72. The van der Waals surface area contributed by atoms with E-state index in [-0.39, 0.29) is 0 Å². The van der Waals surface area contributed by atoms with Crippen LogP contribution in [0.15, 0.2) is 23.4 Å². The fraction of sp³-hybridized carbons (Fsp3) is 0.286. The summed E-state index contributed by atoms with van der Waals surface area (Å²) < 4.78 is 0. The molecule has 1 N–H and O–H groups in total. The molecule has 0 aromatic rings. The van der Waals surface area contributed by atoms with E-state index in [1.807, 2.05) is 0 Å². The van der Waals surface area contributed by atoms with Crippen LogP contribution in [-0.2, 0) is 4.79 Å². The number of allylic oxidation sites excluding steroid dienone is 2. The van der Waals surface area contributed by atoms with Gasteiger partial charge < -0.3 is 5.11 Å². The van der Waals surface area contributed by atoms with Gasteiger partial charge >= 0.3 is 5.97 Å². The molecule has 0 aliphatic carbocycles. The fourth-order valence-electron chi connectivity index (χ4n) is 0.552. The lowest BCUT2D eigenvalue weighted by molar-refractivity contribution is -0.132. The van der Waals surface area contributed by atoms with Crippen molar-refractivity contribution < 1.29 is 9.90 Å². The summed E-state index contributed by atoms with van der Waals surface area (Å²) in [6, 6.07) is 0. The van der Waals surface area contributed by atoms with Gasteiger partial charge in [-0.15, -0.1) is 6.58 Å². The maximum Gasteiger partial charge on any atom is 0.330 e. The van der Waals surface area contributed by atoms with Crippen LogP contribution in [0.5, 0.6) is 0 Å². The van der Waals surface area contributed by atoms with Crippen LogP contribution in [0, 0.1) is 0 Å². The zero-order valence-corrected chi connectivity index (χ0v) is 8.35. The van der Waals surface area contributed by atoms with Crippen LogP contribution in [0.2, 0.25) is 0 Å². The van der Waals surface area contributed by atoms with Gasteiger partial charge in [0.05, 0.1) is 0 Å². The lowest BCUT2D eigenvalue weighted by atomic mass is 10.2. The van der Waals surface area contributed by atoms with Crippen LogP contribution in [0.25, 0.3) is 0 Å². The third-order valence-electron chi connectivity index (χ3n) is 1.41. The molecule has 56 valence electrons. The SMILES string of the molecule is C=CC/C([SiH3])=C(/C)C(=O)O. The molecule has 2 nitrogen and oxygen atoms in total. The summed E-state index contributed by atoms with van der Waals surface area (Å²) in [7, 11) is 0.808. The highest BCUT2D eigenvalue weighted by Gasteiger charge is 2.02. The summed E-state index contributed by atoms with van der Waals surface area (Å²) in [5.41, 5.74) is 0.478. The molecule has 0 unspecified atom stereocenters. The average molecular weight is 156 g/mol. The fourth-order valence-corrected chi connectivity index (χ4v) is 1.05. The summed E-state index contributed by atoms with van der Waals surface area (Å²) in [6.07, 6.45) is 2.44. The highest BCUT2D eigenvalue weighted by atomic mass is 28.1. The predicted molar refractivity (Wildman–Crippen MR) is 45.1 cm³/mol. The number of aliphatic carboxylic acids is 1. The molecule has 0 fully saturated rings. The van der Waals surface area contributed by atoms with E-state index >= 15 is 0 Å². The molecule has 0 bridgehead atoms. The van der Waals surface area contributed by atoms with E-state index in [9.17, 15) is 4.79 Å². The third kappa shape index (κ3) is 2.64. The van der Waals surface area contributed by atoms with Gasteiger partial charge in [0.2, 0.25) is 0 Å². The molecule has 0 aliphatic rings. The minimum absolute atomic E-state index is 0.478. The lowest BCUT2D eigenvalue weighted by Crippen LogP contribution is -2.00. The Morgan fingerprint density at radius 2 is 2.30 bits per heavy atom. The predicted octanol–water partition coefficient (Wildman–Crippen LogP) is 0.286. The Labute approximate surface area is 63.7 Å². The van der Waals surface area contributed by atoms with Gasteiger partial charge in [-0.05, 0) is 13.3 Å². The van der Waals surface area contributed by atoms with E-state index in [2.05, 4.69) is 6.58 Å². The largest absolute Gasteiger partial charge is 0.478 e. The molecule has 0 atom stereocenters. The summed E-state index contributed by atoms with van der Waals surface area (Å²) >= 11 is 0. The van der Waals surface area contributed by atoms with Crippen LogP contribution in [-0.4, -0.2) is 21.3 Å². The van der Waals surface area contributed by atoms with E-state index in [4.69, 9.17) is 5.11 Å². The quantitative estimate of drug-likeness (QED) is 0.362. The van der Waals surface area contributed by atoms with E-state index < -0.39 is 5.97 Å². The van der Waals surface area contributed by atoms with Gasteiger partial charge in [-0.2, -0.15) is 0 Å². The molecule has 0 rings (SSSR count). The second kappa shape index (κ2) is 4.06. The summed E-state index contributed by atoms with van der Waals surface area (Å²) in [5.74, 6) is -0.813. The first-order valence-electron chi connectivity index (χ1n) is 3.10. The van der Waals surface area contributed by atoms with Gasteiger partial charge in [0.1, 0.15) is 0 Å². The molecular formula is C7H12O2Si. The minimum atomic E-state index is -0.813. The molecule has 0 spiro atoms. The first-order chi connectivity index (χ1) is 4.59. The van der Waals surface area contributed by atoms with Crippen LogP contribution in [0.3, 0.4) is 0 Å². The number of carboxylic acid groups (broad SMARTS) is 1. The van der Waals surface area contributed by atoms with E-state index in [1.54, 1.807) is 13.0 Å². The minimum Gasteiger partial charge on any atom is -0.478 e. The molecule has 0 aromatic heterocycles. The van der Waals surface area contributed by atoms with Gasteiger partial charge in [-0.3, -0.25) is 0 Å². The second-order valence-electron chi connectivity index (χ2n) is 2.20. The van der Waals surface area contributed by atoms with Gasteiger partial charge in [0.25, 0.3) is 0 Å². The smallest absolute Gasteiger partial charge is 0.330 e. The number of hydrogen-bond acceptors (Lipinski definition) is 1. The molecule has 0 saturated heterocycles. The molecule has 0 saturated carbocycles. The highest BCUT2D eigenvalue weighted by Crippen LogP contribution is 2.04. The van der Waals surface area contributed by atoms with Gasteiger partial charge in [0.15, 0.2) is 0 Å². The Balaban J connectivity index is 4.33. The third-order valence-corrected chi connectivity index (χ3v) is 2.57. The molecule has 0 aliphatic heterocycles. The van der Waals surface area contributed by atoms with Gasteiger partial charge in [-0.1, -0.05) is 11.3 Å². The Morgan fingerprint density at radius 3 is 2.60 bits per heavy atom. The maximum atomic E-state index is 10.3. The zero-order chi connectivity index (χ0) is 8.15. The van der Waals surface area contributed by atoms with E-state index in [0.29, 0.717) is 12.0 Å². The van der Waals surface area contributed by atoms with Crippen molar-refractivity contribution in [3.05, 3.63) is 23.4 Å². The molecule has 10 heavy (non-hydrogen) atoms. The van der Waals surface area contributed by atoms with Crippen LogP contribution in [0.4, 0.5) is 0 Å². The molecule has 0 aromatic carbocycles. The molecule has 0 radical (unpaired) electrons. The molecule has 0 amide bonds. The van der Waals surface area contributed by atoms with Crippen molar-refractivity contribution in [3.8, 4) is 0 Å². The number of hydrogen-bond donors (Lipinski definition) is 1. The summed E-state index contributed by atoms with van der Waals surface area (Å²) in [5, 5.41) is 9.51. The van der Waals surface area contributed by atoms with Crippen LogP contribution < -0.4 is 0 Å². The Hall–Kier alpha value is -0.833. The summed E-state index contributed by atoms with van der Waals surface area (Å²) in [6.45, 7) is 5.17. The standard InChI is InChI=1S/C7H12O2Si/c1-3-4-6(10)5(2)7(8)9/h3H,1,4H2,2,10H3,(H,8,9)/b6-5+. The van der Waals surface area contributed by atoms with Crippen molar-refractivity contribution in [3.63, 3.8) is 0 Å². The number of carboxylic acids is 1. The highest BCUT2D eigenvalue weighted by molar-refractivity contribution is 6.24. The zero-order valence-electron chi connectivity index (χ0n) is 6.35. The van der Waals surface area contributed by atoms with E-state index in [0.717, 1.165) is 15.4 Å². The van der Waals surface area contributed by atoms with Crippen LogP contribution in [0.1, 0.15) is 13.3 Å². The first kappa shape index (κ1) is 9.17. The van der Waals surface area contributed by atoms with Crippen molar-refractivity contribution in [2.24, 2.45) is 0 Å². The molecule has 3 heteroatoms. The maximum absolute atomic E-state index is 10.3. The Morgan fingerprint density at radius 1 is 1.80 bits per heavy atom. The van der Waals surface area contributed by atoms with Crippen molar-refractivity contribution >= 4 is 16.2 Å². The molecular weight excluding hydrogens is 144 g/mol. The number of rotatable bonds is 3. The van der Waals surface area contributed by atoms with E-state index in [1.165, 1.54) is 0 Å². The van der Waals surface area contributed by atoms with Gasteiger partial charge in [0, 0.05) is 15.8 Å².